The number of aryl methyl sites for hydroxylation is 1. The molecule has 0 radical (unpaired) electrons. The SMILES string of the molecule is Cc1nc(C2(NC(=O)c3ccc(C(=O)O)o3)CCCC2)no1. The average molecular weight is 305 g/mol. The first-order chi connectivity index (χ1) is 10.5. The molecule has 116 valence electrons. The van der Waals surface area contributed by atoms with Gasteiger partial charge in [-0.05, 0) is 25.0 Å². The molecule has 0 atom stereocenters. The quantitative estimate of drug-likeness (QED) is 0.884. The van der Waals surface area contributed by atoms with Gasteiger partial charge in [-0.15, -0.1) is 0 Å². The van der Waals surface area contributed by atoms with Crippen LogP contribution < -0.4 is 5.32 Å². The Balaban J connectivity index is 1.84. The highest BCUT2D eigenvalue weighted by atomic mass is 16.5. The Morgan fingerprint density at radius 2 is 1.95 bits per heavy atom. The van der Waals surface area contributed by atoms with E-state index in [1.54, 1.807) is 6.92 Å². The van der Waals surface area contributed by atoms with Gasteiger partial charge in [-0.1, -0.05) is 18.0 Å². The summed E-state index contributed by atoms with van der Waals surface area (Å²) in [6.07, 6.45) is 3.27. The molecular weight excluding hydrogens is 290 g/mol. The number of furan rings is 1. The molecule has 8 heteroatoms. The van der Waals surface area contributed by atoms with Crippen molar-refractivity contribution < 1.29 is 23.6 Å². The molecule has 1 fully saturated rings. The lowest BCUT2D eigenvalue weighted by Gasteiger charge is -2.26. The summed E-state index contributed by atoms with van der Waals surface area (Å²) in [5.74, 6) is -1.16. The molecule has 0 spiro atoms. The smallest absolute Gasteiger partial charge is 0.371 e. The van der Waals surface area contributed by atoms with Gasteiger partial charge in [0, 0.05) is 6.92 Å². The zero-order valence-corrected chi connectivity index (χ0v) is 12.0. The third-order valence-electron chi connectivity index (χ3n) is 3.81. The van der Waals surface area contributed by atoms with Gasteiger partial charge in [-0.2, -0.15) is 4.98 Å². The van der Waals surface area contributed by atoms with Gasteiger partial charge >= 0.3 is 5.97 Å². The molecular formula is C14H15N3O5. The lowest BCUT2D eigenvalue weighted by atomic mass is 9.96. The maximum absolute atomic E-state index is 12.3. The number of rotatable bonds is 4. The third kappa shape index (κ3) is 2.47. The Morgan fingerprint density at radius 1 is 1.27 bits per heavy atom. The minimum Gasteiger partial charge on any atom is -0.475 e. The van der Waals surface area contributed by atoms with Crippen LogP contribution in [0, 0.1) is 6.92 Å². The van der Waals surface area contributed by atoms with E-state index >= 15 is 0 Å². The second-order valence-corrected chi connectivity index (χ2v) is 5.35. The number of carbonyl (C=O) groups is 2. The van der Waals surface area contributed by atoms with Gasteiger partial charge in [0.05, 0.1) is 0 Å². The van der Waals surface area contributed by atoms with Gasteiger partial charge in [0.1, 0.15) is 5.54 Å². The molecule has 0 bridgehead atoms. The number of amides is 1. The van der Waals surface area contributed by atoms with Crippen molar-refractivity contribution in [1.82, 2.24) is 15.5 Å². The fourth-order valence-corrected chi connectivity index (χ4v) is 2.73. The molecule has 0 aromatic carbocycles. The largest absolute Gasteiger partial charge is 0.475 e. The molecule has 1 amide bonds. The molecule has 1 aliphatic rings. The predicted octanol–water partition coefficient (Wildman–Crippen LogP) is 1.87. The molecule has 0 aliphatic heterocycles. The van der Waals surface area contributed by atoms with E-state index in [9.17, 15) is 9.59 Å². The number of carbonyl (C=O) groups excluding carboxylic acids is 1. The summed E-state index contributed by atoms with van der Waals surface area (Å²) in [7, 11) is 0. The topological polar surface area (TPSA) is 118 Å². The van der Waals surface area contributed by atoms with Crippen molar-refractivity contribution in [1.29, 1.82) is 0 Å². The van der Waals surface area contributed by atoms with Gasteiger partial charge < -0.3 is 19.4 Å². The lowest BCUT2D eigenvalue weighted by molar-refractivity contribution is 0.0658. The van der Waals surface area contributed by atoms with Gasteiger partial charge in [-0.25, -0.2) is 4.79 Å². The van der Waals surface area contributed by atoms with Crippen LogP contribution in [0.4, 0.5) is 0 Å². The first kappa shape index (κ1) is 14.3. The van der Waals surface area contributed by atoms with Gasteiger partial charge in [0.15, 0.2) is 11.6 Å². The van der Waals surface area contributed by atoms with Crippen LogP contribution in [0.5, 0.6) is 0 Å². The van der Waals surface area contributed by atoms with E-state index in [0.717, 1.165) is 12.8 Å². The number of aromatic nitrogens is 2. The monoisotopic (exact) mass is 305 g/mol. The van der Waals surface area contributed by atoms with Gasteiger partial charge in [0.2, 0.25) is 11.7 Å². The van der Waals surface area contributed by atoms with Crippen molar-refractivity contribution in [2.45, 2.75) is 38.1 Å². The van der Waals surface area contributed by atoms with Crippen LogP contribution in [0.3, 0.4) is 0 Å². The summed E-state index contributed by atoms with van der Waals surface area (Å²) in [5.41, 5.74) is -0.689. The second-order valence-electron chi connectivity index (χ2n) is 5.35. The van der Waals surface area contributed by atoms with E-state index in [1.807, 2.05) is 0 Å². The van der Waals surface area contributed by atoms with Crippen molar-refractivity contribution in [3.63, 3.8) is 0 Å². The van der Waals surface area contributed by atoms with Crippen molar-refractivity contribution in [3.05, 3.63) is 35.4 Å². The maximum atomic E-state index is 12.3. The van der Waals surface area contributed by atoms with Crippen LogP contribution in [0.25, 0.3) is 0 Å². The van der Waals surface area contributed by atoms with E-state index in [4.69, 9.17) is 14.0 Å². The highest BCUT2D eigenvalue weighted by Gasteiger charge is 2.41. The molecule has 1 aliphatic carbocycles. The minimum atomic E-state index is -1.22. The summed E-state index contributed by atoms with van der Waals surface area (Å²) in [5, 5.41) is 15.6. The van der Waals surface area contributed by atoms with E-state index in [0.29, 0.717) is 24.6 Å². The Hall–Kier alpha value is -2.64. The highest BCUT2D eigenvalue weighted by molar-refractivity contribution is 5.94. The average Bonchev–Trinajstić information content (AvgIpc) is 3.17. The van der Waals surface area contributed by atoms with E-state index < -0.39 is 17.4 Å². The van der Waals surface area contributed by atoms with E-state index in [1.165, 1.54) is 12.1 Å². The van der Waals surface area contributed by atoms with Crippen molar-refractivity contribution >= 4 is 11.9 Å². The Morgan fingerprint density at radius 3 is 2.50 bits per heavy atom. The standard InChI is InChI=1S/C14H15N3O5/c1-8-15-13(17-22-8)14(6-2-3-7-14)16-11(18)9-4-5-10(21-9)12(19)20/h4-5H,2-3,6-7H2,1H3,(H,16,18)(H,19,20). The summed E-state index contributed by atoms with van der Waals surface area (Å²) < 4.78 is 10.0. The number of nitrogens with zero attached hydrogens (tertiary/aromatic N) is 2. The molecule has 2 aromatic rings. The van der Waals surface area contributed by atoms with Gasteiger partial charge in [0.25, 0.3) is 5.91 Å². The minimum absolute atomic E-state index is 0.0520. The normalized spacial score (nSPS) is 16.6. The maximum Gasteiger partial charge on any atom is 0.371 e. The number of aromatic carboxylic acids is 1. The van der Waals surface area contributed by atoms with Crippen LogP contribution in [0.1, 0.15) is 58.5 Å². The fourth-order valence-electron chi connectivity index (χ4n) is 2.73. The zero-order chi connectivity index (χ0) is 15.7. The van der Waals surface area contributed by atoms with Gasteiger partial charge in [-0.3, -0.25) is 4.79 Å². The first-order valence-corrected chi connectivity index (χ1v) is 6.97. The first-order valence-electron chi connectivity index (χ1n) is 6.97. The lowest BCUT2D eigenvalue weighted by Crippen LogP contribution is -2.44. The Labute approximate surface area is 125 Å². The number of hydrogen-bond donors (Lipinski definition) is 2. The van der Waals surface area contributed by atoms with Crippen LogP contribution >= 0.6 is 0 Å². The third-order valence-corrected chi connectivity index (χ3v) is 3.81. The number of carboxylic acids is 1. The van der Waals surface area contributed by atoms with Crippen LogP contribution in [0.2, 0.25) is 0 Å². The van der Waals surface area contributed by atoms with Crippen LogP contribution in [-0.2, 0) is 5.54 Å². The van der Waals surface area contributed by atoms with E-state index in [-0.39, 0.29) is 11.5 Å². The van der Waals surface area contributed by atoms with Crippen molar-refractivity contribution in [3.8, 4) is 0 Å². The zero-order valence-electron chi connectivity index (χ0n) is 12.0. The molecule has 1 saturated carbocycles. The van der Waals surface area contributed by atoms with Crippen LogP contribution in [0.15, 0.2) is 21.1 Å². The number of carboxylic acid groups (broad SMARTS) is 1. The number of hydrogen-bond acceptors (Lipinski definition) is 6. The number of nitrogens with one attached hydrogen (secondary N) is 1. The molecule has 0 unspecified atom stereocenters. The molecule has 22 heavy (non-hydrogen) atoms. The Bertz CT molecular complexity index is 712. The predicted molar refractivity (Wildman–Crippen MR) is 72.3 cm³/mol. The summed E-state index contributed by atoms with van der Waals surface area (Å²) in [4.78, 5) is 27.4. The summed E-state index contributed by atoms with van der Waals surface area (Å²) >= 11 is 0. The summed E-state index contributed by atoms with van der Waals surface area (Å²) in [6, 6.07) is 2.58. The fraction of sp³-hybridized carbons (Fsp3) is 0.429. The Kier molecular flexibility index (Phi) is 3.44. The van der Waals surface area contributed by atoms with Crippen LogP contribution in [-0.4, -0.2) is 27.1 Å². The molecule has 0 saturated heterocycles. The highest BCUT2D eigenvalue weighted by Crippen LogP contribution is 2.37. The summed E-state index contributed by atoms with van der Waals surface area (Å²) in [6.45, 7) is 1.69. The van der Waals surface area contributed by atoms with Crippen molar-refractivity contribution in [2.24, 2.45) is 0 Å². The molecule has 2 N–H and O–H groups in total. The van der Waals surface area contributed by atoms with Crippen molar-refractivity contribution in [2.75, 3.05) is 0 Å². The molecule has 3 rings (SSSR count). The van der Waals surface area contributed by atoms with E-state index in [2.05, 4.69) is 15.5 Å². The molecule has 2 heterocycles. The second kappa shape index (κ2) is 5.28. The molecule has 8 nitrogen and oxygen atoms in total. The molecule has 2 aromatic heterocycles.